The molecule has 0 aliphatic carbocycles. The molecule has 7 heteroatoms. The highest BCUT2D eigenvalue weighted by Crippen LogP contribution is 2.24. The molecule has 1 aromatic heterocycles. The lowest BCUT2D eigenvalue weighted by molar-refractivity contribution is -0.120. The molecule has 0 saturated carbocycles. The molecule has 0 unspecified atom stereocenters. The van der Waals surface area contributed by atoms with E-state index in [0.717, 1.165) is 0 Å². The number of carbonyl (C=O) groups is 1. The topological polar surface area (TPSA) is 70.7 Å². The van der Waals surface area contributed by atoms with Crippen LogP contribution in [0.5, 0.6) is 0 Å². The van der Waals surface area contributed by atoms with E-state index in [1.54, 1.807) is 31.2 Å². The Balaban J connectivity index is 2.05. The smallest absolute Gasteiger partial charge is 0.233 e. The summed E-state index contributed by atoms with van der Waals surface area (Å²) in [5.74, 6) is -0.159. The van der Waals surface area contributed by atoms with Gasteiger partial charge in [-0.25, -0.2) is 9.37 Å². The van der Waals surface area contributed by atoms with Crippen LogP contribution < -0.4 is 5.32 Å². The number of benzene rings is 1. The van der Waals surface area contributed by atoms with E-state index >= 15 is 0 Å². The number of aromatic amines is 1. The van der Waals surface area contributed by atoms with Crippen molar-refractivity contribution in [3.8, 4) is 11.4 Å². The fraction of sp³-hybridized carbons (Fsp3) is 0.214. The van der Waals surface area contributed by atoms with Crippen LogP contribution >= 0.6 is 11.8 Å². The van der Waals surface area contributed by atoms with Crippen molar-refractivity contribution in [3.63, 3.8) is 0 Å². The van der Waals surface area contributed by atoms with E-state index in [1.165, 1.54) is 17.8 Å². The van der Waals surface area contributed by atoms with Crippen LogP contribution in [0.3, 0.4) is 0 Å². The van der Waals surface area contributed by atoms with E-state index in [2.05, 4.69) is 27.1 Å². The van der Waals surface area contributed by atoms with Crippen LogP contribution in [0.25, 0.3) is 11.4 Å². The number of nitrogens with one attached hydrogen (secondary N) is 2. The summed E-state index contributed by atoms with van der Waals surface area (Å²) in [5.41, 5.74) is 0.348. The predicted octanol–water partition coefficient (Wildman–Crippen LogP) is 2.39. The lowest BCUT2D eigenvalue weighted by atomic mass is 10.2. The highest BCUT2D eigenvalue weighted by atomic mass is 32.2. The summed E-state index contributed by atoms with van der Waals surface area (Å²) in [6.45, 7) is 5.70. The highest BCUT2D eigenvalue weighted by Gasteiger charge is 2.17. The summed E-state index contributed by atoms with van der Waals surface area (Å²) >= 11 is 1.20. The Hall–Kier alpha value is -2.15. The molecule has 0 spiro atoms. The van der Waals surface area contributed by atoms with Crippen LogP contribution in [-0.4, -0.2) is 32.9 Å². The van der Waals surface area contributed by atoms with E-state index in [1.807, 2.05) is 0 Å². The molecule has 0 aliphatic rings. The van der Waals surface area contributed by atoms with Gasteiger partial charge in [-0.1, -0.05) is 30.0 Å². The van der Waals surface area contributed by atoms with Crippen LogP contribution in [0.1, 0.15) is 6.92 Å². The lowest BCUT2D eigenvalue weighted by Gasteiger charge is -2.07. The minimum absolute atomic E-state index is 0.128. The third kappa shape index (κ3) is 3.91. The van der Waals surface area contributed by atoms with E-state index < -0.39 is 0 Å². The average Bonchev–Trinajstić information content (AvgIpc) is 2.93. The number of nitrogens with zero attached hydrogens (tertiary/aromatic N) is 2. The molecule has 2 aromatic rings. The third-order valence-electron chi connectivity index (χ3n) is 2.67. The Morgan fingerprint density at radius 2 is 2.33 bits per heavy atom. The van der Waals surface area contributed by atoms with Crippen molar-refractivity contribution in [2.45, 2.75) is 17.3 Å². The number of hydrogen-bond acceptors (Lipinski definition) is 4. The molecule has 1 aromatic carbocycles. The maximum Gasteiger partial charge on any atom is 0.233 e. The molecular formula is C14H15FN4OS. The summed E-state index contributed by atoms with van der Waals surface area (Å²) < 4.78 is 13.6. The molecule has 1 amide bonds. The quantitative estimate of drug-likeness (QED) is 0.635. The Morgan fingerprint density at radius 3 is 3.05 bits per heavy atom. The number of carbonyl (C=O) groups excluding carboxylic acids is 1. The molecule has 0 fully saturated rings. The summed E-state index contributed by atoms with van der Waals surface area (Å²) in [5, 5.41) is 9.42. The molecule has 0 aliphatic heterocycles. The number of thioether (sulfide) groups is 1. The maximum absolute atomic E-state index is 13.6. The first kappa shape index (κ1) is 15.2. The predicted molar refractivity (Wildman–Crippen MR) is 80.3 cm³/mol. The van der Waals surface area contributed by atoms with E-state index in [-0.39, 0.29) is 17.0 Å². The van der Waals surface area contributed by atoms with Crippen molar-refractivity contribution in [2.75, 3.05) is 6.54 Å². The average molecular weight is 306 g/mol. The molecule has 1 atom stereocenters. The molecule has 110 valence electrons. The third-order valence-corrected chi connectivity index (χ3v) is 3.63. The van der Waals surface area contributed by atoms with Crippen LogP contribution in [0.4, 0.5) is 4.39 Å². The normalized spacial score (nSPS) is 11.9. The van der Waals surface area contributed by atoms with Gasteiger partial charge in [0.1, 0.15) is 5.82 Å². The minimum atomic E-state index is -0.373. The van der Waals surface area contributed by atoms with Crippen molar-refractivity contribution < 1.29 is 9.18 Å². The van der Waals surface area contributed by atoms with Gasteiger partial charge in [-0.2, -0.15) is 0 Å². The molecule has 21 heavy (non-hydrogen) atoms. The van der Waals surface area contributed by atoms with Gasteiger partial charge in [0.2, 0.25) is 11.1 Å². The van der Waals surface area contributed by atoms with Gasteiger partial charge in [0.15, 0.2) is 5.82 Å². The first-order chi connectivity index (χ1) is 10.1. The minimum Gasteiger partial charge on any atom is -0.352 e. The summed E-state index contributed by atoms with van der Waals surface area (Å²) in [6, 6.07) is 6.30. The second kappa shape index (κ2) is 7.03. The van der Waals surface area contributed by atoms with Crippen molar-refractivity contribution >= 4 is 17.7 Å². The number of amides is 1. The van der Waals surface area contributed by atoms with Crippen LogP contribution in [0.15, 0.2) is 42.1 Å². The van der Waals surface area contributed by atoms with Crippen molar-refractivity contribution in [2.24, 2.45) is 0 Å². The molecule has 0 radical (unpaired) electrons. The number of hydrogen-bond donors (Lipinski definition) is 2. The summed E-state index contributed by atoms with van der Waals surface area (Å²) in [4.78, 5) is 15.9. The Bertz CT molecular complexity index is 643. The molecule has 2 rings (SSSR count). The number of halogens is 1. The number of H-pyrrole nitrogens is 1. The van der Waals surface area contributed by atoms with Crippen molar-refractivity contribution in [1.82, 2.24) is 20.5 Å². The highest BCUT2D eigenvalue weighted by molar-refractivity contribution is 8.00. The van der Waals surface area contributed by atoms with Crippen molar-refractivity contribution in [1.29, 1.82) is 0 Å². The van der Waals surface area contributed by atoms with Gasteiger partial charge in [0.25, 0.3) is 0 Å². The summed E-state index contributed by atoms with van der Waals surface area (Å²) in [7, 11) is 0. The zero-order valence-electron chi connectivity index (χ0n) is 11.5. The second-order valence-electron chi connectivity index (χ2n) is 4.24. The monoisotopic (exact) mass is 306 g/mol. The van der Waals surface area contributed by atoms with Gasteiger partial charge < -0.3 is 5.32 Å². The number of rotatable bonds is 6. The van der Waals surface area contributed by atoms with Crippen LogP contribution in [0.2, 0.25) is 0 Å². The molecule has 2 N–H and O–H groups in total. The van der Waals surface area contributed by atoms with Crippen molar-refractivity contribution in [3.05, 3.63) is 42.7 Å². The SMILES string of the molecule is C=CCNC(=O)[C@@H](C)Sc1n[nH]c(-c2ccccc2F)n1. The van der Waals surface area contributed by atoms with E-state index in [9.17, 15) is 9.18 Å². The Kier molecular flexibility index (Phi) is 5.10. The van der Waals surface area contributed by atoms with Crippen LogP contribution in [-0.2, 0) is 4.79 Å². The molecule has 0 bridgehead atoms. The lowest BCUT2D eigenvalue weighted by Crippen LogP contribution is -2.30. The van der Waals surface area contributed by atoms with Crippen LogP contribution in [0, 0.1) is 5.82 Å². The largest absolute Gasteiger partial charge is 0.352 e. The Labute approximate surface area is 126 Å². The standard InChI is InChI=1S/C14H15FN4OS/c1-3-8-16-13(20)9(2)21-14-17-12(18-19-14)10-6-4-5-7-11(10)15/h3-7,9H,1,8H2,2H3,(H,16,20)(H,17,18,19)/t9-/m1/s1. The fourth-order valence-corrected chi connectivity index (χ4v) is 2.35. The zero-order chi connectivity index (χ0) is 15.2. The first-order valence-electron chi connectivity index (χ1n) is 6.34. The number of aromatic nitrogens is 3. The molecule has 5 nitrogen and oxygen atoms in total. The molecule has 0 saturated heterocycles. The molecular weight excluding hydrogens is 291 g/mol. The van der Waals surface area contributed by atoms with Gasteiger partial charge in [0, 0.05) is 6.54 Å². The zero-order valence-corrected chi connectivity index (χ0v) is 12.3. The van der Waals surface area contributed by atoms with Gasteiger partial charge in [-0.3, -0.25) is 9.89 Å². The van der Waals surface area contributed by atoms with E-state index in [0.29, 0.717) is 23.1 Å². The van der Waals surface area contributed by atoms with Gasteiger partial charge in [-0.15, -0.1) is 11.7 Å². The first-order valence-corrected chi connectivity index (χ1v) is 7.22. The summed E-state index contributed by atoms with van der Waals surface area (Å²) in [6.07, 6.45) is 1.61. The van der Waals surface area contributed by atoms with E-state index in [4.69, 9.17) is 0 Å². The molecule has 1 heterocycles. The van der Waals surface area contributed by atoms with Gasteiger partial charge >= 0.3 is 0 Å². The Morgan fingerprint density at radius 1 is 1.57 bits per heavy atom. The maximum atomic E-state index is 13.6. The second-order valence-corrected chi connectivity index (χ2v) is 5.55. The fourth-order valence-electron chi connectivity index (χ4n) is 1.60. The van der Waals surface area contributed by atoms with Gasteiger partial charge in [0.05, 0.1) is 10.8 Å². The van der Waals surface area contributed by atoms with Gasteiger partial charge in [-0.05, 0) is 19.1 Å².